The number of hydrogen-bond acceptors (Lipinski definition) is 4. The number of benzene rings is 1. The quantitative estimate of drug-likeness (QED) is 0.918. The van der Waals surface area contributed by atoms with Crippen LogP contribution in [0.2, 0.25) is 0 Å². The summed E-state index contributed by atoms with van der Waals surface area (Å²) >= 11 is 0. The third-order valence-corrected chi connectivity index (χ3v) is 5.32. The lowest BCUT2D eigenvalue weighted by atomic mass is 9.81. The Balaban J connectivity index is 1.68. The fraction of sp³-hybridized carbons (Fsp3) is 0.450. The molecular formula is C20H24N2O2. The van der Waals surface area contributed by atoms with Crippen molar-refractivity contribution in [2.75, 3.05) is 18.1 Å². The third-order valence-electron chi connectivity index (χ3n) is 5.32. The number of ether oxygens (including phenoxy) is 1. The van der Waals surface area contributed by atoms with Crippen LogP contribution in [0.4, 0.5) is 5.69 Å². The number of aliphatic hydroxyl groups is 1. The summed E-state index contributed by atoms with van der Waals surface area (Å²) in [6, 6.07) is 14.1. The van der Waals surface area contributed by atoms with E-state index in [4.69, 9.17) is 4.74 Å². The van der Waals surface area contributed by atoms with Gasteiger partial charge in [0.1, 0.15) is 5.60 Å². The van der Waals surface area contributed by atoms with Crippen LogP contribution in [-0.2, 0) is 16.8 Å². The smallest absolute Gasteiger partial charge is 0.163 e. The number of anilines is 1. The van der Waals surface area contributed by atoms with Gasteiger partial charge in [0.15, 0.2) is 6.23 Å². The van der Waals surface area contributed by atoms with Crippen LogP contribution in [0.5, 0.6) is 0 Å². The molecule has 0 saturated carbocycles. The molecule has 3 unspecified atom stereocenters. The Morgan fingerprint density at radius 2 is 2.08 bits per heavy atom. The summed E-state index contributed by atoms with van der Waals surface area (Å²) in [7, 11) is 0. The standard InChI is InChI=1S/C20H24N2O2/c1-2-3-12-22-18-10-5-4-9-17(18)20(23)15(14-24-19(20)22)13-16-8-6-7-11-21-16/h4-11,15,19,23H,2-3,12-14H2,1H3. The molecule has 1 aromatic carbocycles. The molecule has 3 heterocycles. The number of aromatic nitrogens is 1. The Morgan fingerprint density at radius 1 is 1.25 bits per heavy atom. The Labute approximate surface area is 143 Å². The first-order valence-electron chi connectivity index (χ1n) is 8.85. The molecule has 0 amide bonds. The van der Waals surface area contributed by atoms with E-state index < -0.39 is 5.60 Å². The zero-order valence-corrected chi connectivity index (χ0v) is 14.1. The fourth-order valence-electron chi connectivity index (χ4n) is 4.08. The first kappa shape index (κ1) is 15.6. The van der Waals surface area contributed by atoms with E-state index in [0.717, 1.165) is 42.8 Å². The van der Waals surface area contributed by atoms with Crippen molar-refractivity contribution in [3.63, 3.8) is 0 Å². The normalized spacial score (nSPS) is 28.0. The van der Waals surface area contributed by atoms with E-state index >= 15 is 0 Å². The summed E-state index contributed by atoms with van der Waals surface area (Å²) in [4.78, 5) is 6.68. The monoisotopic (exact) mass is 324 g/mol. The van der Waals surface area contributed by atoms with Gasteiger partial charge in [-0.25, -0.2) is 0 Å². The Morgan fingerprint density at radius 3 is 2.88 bits per heavy atom. The molecule has 1 fully saturated rings. The lowest BCUT2D eigenvalue weighted by molar-refractivity contribution is -0.0471. The number of rotatable bonds is 5. The third kappa shape index (κ3) is 2.33. The minimum atomic E-state index is -0.956. The van der Waals surface area contributed by atoms with E-state index in [-0.39, 0.29) is 12.1 Å². The van der Waals surface area contributed by atoms with Gasteiger partial charge in [-0.05, 0) is 31.0 Å². The van der Waals surface area contributed by atoms with Crippen LogP contribution in [0.3, 0.4) is 0 Å². The topological polar surface area (TPSA) is 45.6 Å². The highest BCUT2D eigenvalue weighted by Gasteiger charge is 2.59. The maximum absolute atomic E-state index is 11.7. The Hall–Kier alpha value is -1.91. The van der Waals surface area contributed by atoms with Crippen molar-refractivity contribution < 1.29 is 9.84 Å². The molecule has 2 aliphatic rings. The van der Waals surface area contributed by atoms with E-state index in [1.54, 1.807) is 0 Å². The number of nitrogens with zero attached hydrogens (tertiary/aromatic N) is 2. The summed E-state index contributed by atoms with van der Waals surface area (Å²) in [6.45, 7) is 3.67. The van der Waals surface area contributed by atoms with Crippen molar-refractivity contribution in [1.29, 1.82) is 0 Å². The summed E-state index contributed by atoms with van der Waals surface area (Å²) in [5.74, 6) is 0.0187. The highest BCUT2D eigenvalue weighted by molar-refractivity contribution is 5.63. The second-order valence-electron chi connectivity index (χ2n) is 6.80. The predicted molar refractivity (Wildman–Crippen MR) is 93.8 cm³/mol. The molecule has 4 rings (SSSR count). The van der Waals surface area contributed by atoms with E-state index in [9.17, 15) is 5.11 Å². The van der Waals surface area contributed by atoms with Crippen molar-refractivity contribution in [2.24, 2.45) is 5.92 Å². The van der Waals surface area contributed by atoms with Crippen LogP contribution in [0.1, 0.15) is 31.0 Å². The molecule has 4 nitrogen and oxygen atoms in total. The van der Waals surface area contributed by atoms with Crippen LogP contribution < -0.4 is 4.90 Å². The predicted octanol–water partition coefficient (Wildman–Crippen LogP) is 3.10. The van der Waals surface area contributed by atoms with Crippen LogP contribution in [0.15, 0.2) is 48.7 Å². The average molecular weight is 324 g/mol. The van der Waals surface area contributed by atoms with Crippen molar-refractivity contribution >= 4 is 5.69 Å². The molecule has 0 spiro atoms. The van der Waals surface area contributed by atoms with Crippen LogP contribution in [-0.4, -0.2) is 29.5 Å². The first-order valence-corrected chi connectivity index (χ1v) is 8.85. The number of para-hydroxylation sites is 1. The van der Waals surface area contributed by atoms with Gasteiger partial charge in [0.25, 0.3) is 0 Å². The van der Waals surface area contributed by atoms with Crippen molar-refractivity contribution in [3.8, 4) is 0 Å². The number of fused-ring (bicyclic) bond motifs is 3. The van der Waals surface area contributed by atoms with Crippen LogP contribution >= 0.6 is 0 Å². The molecule has 0 radical (unpaired) electrons. The number of pyridine rings is 1. The fourth-order valence-corrected chi connectivity index (χ4v) is 4.08. The van der Waals surface area contributed by atoms with Gasteiger partial charge in [-0.15, -0.1) is 0 Å². The van der Waals surface area contributed by atoms with Crippen molar-refractivity contribution in [1.82, 2.24) is 4.98 Å². The zero-order valence-electron chi connectivity index (χ0n) is 14.1. The lowest BCUT2D eigenvalue weighted by Gasteiger charge is -2.31. The maximum Gasteiger partial charge on any atom is 0.163 e. The Bertz CT molecular complexity index is 706. The van der Waals surface area contributed by atoms with E-state index in [1.165, 1.54) is 0 Å². The average Bonchev–Trinajstić information content (AvgIpc) is 3.06. The molecular weight excluding hydrogens is 300 g/mol. The van der Waals surface area contributed by atoms with Gasteiger partial charge in [-0.3, -0.25) is 4.98 Å². The van der Waals surface area contributed by atoms with Crippen molar-refractivity contribution in [3.05, 3.63) is 59.9 Å². The lowest BCUT2D eigenvalue weighted by Crippen LogP contribution is -2.45. The van der Waals surface area contributed by atoms with Gasteiger partial charge in [0.05, 0.1) is 6.61 Å². The van der Waals surface area contributed by atoms with Crippen LogP contribution in [0, 0.1) is 5.92 Å². The maximum atomic E-state index is 11.7. The van der Waals surface area contributed by atoms with E-state index in [0.29, 0.717) is 6.61 Å². The van der Waals surface area contributed by atoms with Crippen molar-refractivity contribution in [2.45, 2.75) is 38.0 Å². The largest absolute Gasteiger partial charge is 0.380 e. The SMILES string of the molecule is CCCCN1c2ccccc2C2(O)C(Cc3ccccn3)COC12. The molecule has 3 atom stereocenters. The molecule has 1 saturated heterocycles. The minimum Gasteiger partial charge on any atom is -0.380 e. The van der Waals surface area contributed by atoms with E-state index in [1.807, 2.05) is 42.6 Å². The van der Waals surface area contributed by atoms with Crippen LogP contribution in [0.25, 0.3) is 0 Å². The molecule has 24 heavy (non-hydrogen) atoms. The molecule has 0 aliphatic carbocycles. The van der Waals surface area contributed by atoms with Gasteiger partial charge >= 0.3 is 0 Å². The molecule has 1 aromatic heterocycles. The van der Waals surface area contributed by atoms with Gasteiger partial charge in [-0.2, -0.15) is 0 Å². The van der Waals surface area contributed by atoms with Gasteiger partial charge in [0.2, 0.25) is 0 Å². The van der Waals surface area contributed by atoms with Gasteiger partial charge < -0.3 is 14.7 Å². The second-order valence-corrected chi connectivity index (χ2v) is 6.80. The summed E-state index contributed by atoms with van der Waals surface area (Å²) in [5, 5.41) is 11.7. The summed E-state index contributed by atoms with van der Waals surface area (Å²) in [5.41, 5.74) is 2.17. The first-order chi connectivity index (χ1) is 11.7. The molecule has 1 N–H and O–H groups in total. The zero-order chi connectivity index (χ0) is 16.6. The minimum absolute atomic E-state index is 0.0187. The van der Waals surface area contributed by atoms with Gasteiger partial charge in [-0.1, -0.05) is 37.6 Å². The van der Waals surface area contributed by atoms with Gasteiger partial charge in [0, 0.05) is 35.6 Å². The summed E-state index contributed by atoms with van der Waals surface area (Å²) in [6.07, 6.45) is 4.47. The number of unbranched alkanes of at least 4 members (excludes halogenated alkanes) is 1. The number of hydrogen-bond donors (Lipinski definition) is 1. The highest BCUT2D eigenvalue weighted by Crippen LogP contribution is 2.52. The Kier molecular flexibility index (Phi) is 4.02. The van der Waals surface area contributed by atoms with E-state index in [2.05, 4.69) is 22.9 Å². The second kappa shape index (κ2) is 6.19. The molecule has 126 valence electrons. The molecule has 0 bridgehead atoms. The highest BCUT2D eigenvalue weighted by atomic mass is 16.5. The molecule has 4 heteroatoms. The molecule has 2 aromatic rings. The molecule has 2 aliphatic heterocycles. The summed E-state index contributed by atoms with van der Waals surface area (Å²) < 4.78 is 6.11.